The van der Waals surface area contributed by atoms with Crippen molar-refractivity contribution in [3.63, 3.8) is 0 Å². The Kier molecular flexibility index (Phi) is 7.09. The molecule has 0 aromatic heterocycles. The Bertz CT molecular complexity index is 421. The molecule has 0 spiro atoms. The van der Waals surface area contributed by atoms with Crippen LogP contribution in [-0.4, -0.2) is 30.1 Å². The van der Waals surface area contributed by atoms with E-state index in [0.29, 0.717) is 13.2 Å². The first kappa shape index (κ1) is 16.5. The topological polar surface area (TPSA) is 55.6 Å². The lowest BCUT2D eigenvalue weighted by molar-refractivity contribution is -0.150. The fraction of sp³-hybridized carbons (Fsp3) is 0.562. The molecule has 0 heterocycles. The first-order valence-electron chi connectivity index (χ1n) is 7.37. The molecule has 1 unspecified atom stereocenters. The Morgan fingerprint density at radius 3 is 2.65 bits per heavy atom. The molecular weight excluding hydrogens is 252 g/mol. The molecule has 4 heteroatoms. The van der Waals surface area contributed by atoms with Gasteiger partial charge in [0, 0.05) is 12.2 Å². The van der Waals surface area contributed by atoms with Crippen LogP contribution in [0.1, 0.15) is 39.2 Å². The van der Waals surface area contributed by atoms with Crippen LogP contribution in [0.2, 0.25) is 0 Å². The largest absolute Gasteiger partial charge is 0.465 e. The molecule has 0 aliphatic rings. The van der Waals surface area contributed by atoms with Gasteiger partial charge < -0.3 is 10.5 Å². The molecule has 20 heavy (non-hydrogen) atoms. The maximum absolute atomic E-state index is 12.1. The SMILES string of the molecule is CCCC(C(=O)OCC)N(CC)Cc1cccc(N)c1. The summed E-state index contributed by atoms with van der Waals surface area (Å²) in [6.45, 7) is 7.93. The predicted molar refractivity (Wildman–Crippen MR) is 82.3 cm³/mol. The minimum Gasteiger partial charge on any atom is -0.465 e. The summed E-state index contributed by atoms with van der Waals surface area (Å²) in [6.07, 6.45) is 1.77. The first-order valence-corrected chi connectivity index (χ1v) is 7.37. The van der Waals surface area contributed by atoms with E-state index in [2.05, 4.69) is 18.7 Å². The van der Waals surface area contributed by atoms with Crippen molar-refractivity contribution in [3.8, 4) is 0 Å². The Balaban J connectivity index is 2.81. The highest BCUT2D eigenvalue weighted by Crippen LogP contribution is 2.15. The van der Waals surface area contributed by atoms with Gasteiger partial charge in [-0.25, -0.2) is 0 Å². The van der Waals surface area contributed by atoms with Gasteiger partial charge in [0.05, 0.1) is 6.61 Å². The maximum atomic E-state index is 12.1. The van der Waals surface area contributed by atoms with E-state index in [1.54, 1.807) is 0 Å². The molecular formula is C16H26N2O2. The number of ether oxygens (including phenoxy) is 1. The lowest BCUT2D eigenvalue weighted by Gasteiger charge is -2.29. The summed E-state index contributed by atoms with van der Waals surface area (Å²) in [4.78, 5) is 14.3. The molecule has 0 aliphatic carbocycles. The lowest BCUT2D eigenvalue weighted by atomic mass is 10.1. The van der Waals surface area contributed by atoms with Crippen LogP contribution in [0.15, 0.2) is 24.3 Å². The van der Waals surface area contributed by atoms with Gasteiger partial charge in [-0.05, 0) is 37.6 Å². The predicted octanol–water partition coefficient (Wildman–Crippen LogP) is 2.82. The van der Waals surface area contributed by atoms with Crippen molar-refractivity contribution < 1.29 is 9.53 Å². The van der Waals surface area contributed by atoms with Crippen molar-refractivity contribution in [2.24, 2.45) is 0 Å². The standard InChI is InChI=1S/C16H26N2O2/c1-4-8-15(16(19)20-6-3)18(5-2)12-13-9-7-10-14(17)11-13/h7,9-11,15H,4-6,8,12,17H2,1-3H3. The molecule has 1 rings (SSSR count). The normalized spacial score (nSPS) is 12.4. The first-order chi connectivity index (χ1) is 9.62. The number of benzene rings is 1. The van der Waals surface area contributed by atoms with E-state index in [4.69, 9.17) is 10.5 Å². The second-order valence-electron chi connectivity index (χ2n) is 4.86. The van der Waals surface area contributed by atoms with E-state index >= 15 is 0 Å². The van der Waals surface area contributed by atoms with Crippen LogP contribution in [0.4, 0.5) is 5.69 Å². The van der Waals surface area contributed by atoms with Crippen LogP contribution >= 0.6 is 0 Å². The van der Waals surface area contributed by atoms with E-state index in [1.807, 2.05) is 31.2 Å². The molecule has 4 nitrogen and oxygen atoms in total. The van der Waals surface area contributed by atoms with Gasteiger partial charge in [0.25, 0.3) is 0 Å². The second kappa shape index (κ2) is 8.59. The molecule has 0 saturated heterocycles. The highest BCUT2D eigenvalue weighted by Gasteiger charge is 2.25. The van der Waals surface area contributed by atoms with Crippen molar-refractivity contribution in [3.05, 3.63) is 29.8 Å². The highest BCUT2D eigenvalue weighted by molar-refractivity contribution is 5.75. The monoisotopic (exact) mass is 278 g/mol. The third kappa shape index (κ3) is 4.85. The number of rotatable bonds is 8. The van der Waals surface area contributed by atoms with Gasteiger partial charge in [-0.2, -0.15) is 0 Å². The van der Waals surface area contributed by atoms with Gasteiger partial charge >= 0.3 is 5.97 Å². The number of esters is 1. The quantitative estimate of drug-likeness (QED) is 0.587. The molecule has 1 aromatic rings. The van der Waals surface area contributed by atoms with Gasteiger partial charge in [-0.15, -0.1) is 0 Å². The van der Waals surface area contributed by atoms with Crippen LogP contribution in [0.3, 0.4) is 0 Å². The minimum absolute atomic E-state index is 0.125. The minimum atomic E-state index is -0.175. The number of likely N-dealkylation sites (N-methyl/N-ethyl adjacent to an activating group) is 1. The fourth-order valence-electron chi connectivity index (χ4n) is 2.33. The number of anilines is 1. The number of carbonyl (C=O) groups excluding carboxylic acids is 1. The average molecular weight is 278 g/mol. The van der Waals surface area contributed by atoms with E-state index in [1.165, 1.54) is 0 Å². The number of nitrogens with zero attached hydrogens (tertiary/aromatic N) is 1. The molecule has 0 bridgehead atoms. The van der Waals surface area contributed by atoms with Crippen LogP contribution in [0, 0.1) is 0 Å². The summed E-state index contributed by atoms with van der Waals surface area (Å²) in [5.74, 6) is -0.125. The zero-order valence-electron chi connectivity index (χ0n) is 12.8. The lowest BCUT2D eigenvalue weighted by Crippen LogP contribution is -2.41. The summed E-state index contributed by atoms with van der Waals surface area (Å²) in [5, 5.41) is 0. The van der Waals surface area contributed by atoms with Gasteiger partial charge in [-0.3, -0.25) is 9.69 Å². The number of hydrogen-bond donors (Lipinski definition) is 1. The van der Waals surface area contributed by atoms with Crippen molar-refractivity contribution >= 4 is 11.7 Å². The van der Waals surface area contributed by atoms with Crippen LogP contribution in [0.5, 0.6) is 0 Å². The third-order valence-corrected chi connectivity index (χ3v) is 3.30. The Hall–Kier alpha value is -1.55. The van der Waals surface area contributed by atoms with Gasteiger partial charge in [0.15, 0.2) is 0 Å². The van der Waals surface area contributed by atoms with E-state index < -0.39 is 0 Å². The van der Waals surface area contributed by atoms with Crippen LogP contribution in [0.25, 0.3) is 0 Å². The van der Waals surface area contributed by atoms with Gasteiger partial charge in [0.2, 0.25) is 0 Å². The van der Waals surface area contributed by atoms with E-state index in [-0.39, 0.29) is 12.0 Å². The number of hydrogen-bond acceptors (Lipinski definition) is 4. The van der Waals surface area contributed by atoms with E-state index in [0.717, 1.165) is 30.6 Å². The summed E-state index contributed by atoms with van der Waals surface area (Å²) in [6, 6.07) is 7.63. The summed E-state index contributed by atoms with van der Waals surface area (Å²) < 4.78 is 5.20. The smallest absolute Gasteiger partial charge is 0.323 e. The fourth-order valence-corrected chi connectivity index (χ4v) is 2.33. The number of nitrogen functional groups attached to an aromatic ring is 1. The number of carbonyl (C=O) groups is 1. The molecule has 0 fully saturated rings. The zero-order valence-corrected chi connectivity index (χ0v) is 12.8. The van der Waals surface area contributed by atoms with Crippen molar-refractivity contribution in [1.82, 2.24) is 4.90 Å². The Labute approximate surface area is 121 Å². The summed E-state index contributed by atoms with van der Waals surface area (Å²) in [5.41, 5.74) is 7.68. The summed E-state index contributed by atoms with van der Waals surface area (Å²) in [7, 11) is 0. The molecule has 112 valence electrons. The molecule has 2 N–H and O–H groups in total. The highest BCUT2D eigenvalue weighted by atomic mass is 16.5. The van der Waals surface area contributed by atoms with Gasteiger partial charge in [-0.1, -0.05) is 32.4 Å². The Morgan fingerprint density at radius 2 is 2.10 bits per heavy atom. The molecule has 1 atom stereocenters. The molecule has 1 aromatic carbocycles. The molecule has 0 saturated carbocycles. The van der Waals surface area contributed by atoms with Gasteiger partial charge in [0.1, 0.15) is 6.04 Å². The van der Waals surface area contributed by atoms with Crippen molar-refractivity contribution in [1.29, 1.82) is 0 Å². The average Bonchev–Trinajstić information content (AvgIpc) is 2.43. The maximum Gasteiger partial charge on any atom is 0.323 e. The Morgan fingerprint density at radius 1 is 1.35 bits per heavy atom. The molecule has 0 amide bonds. The molecule has 0 radical (unpaired) electrons. The summed E-state index contributed by atoms with van der Waals surface area (Å²) >= 11 is 0. The van der Waals surface area contributed by atoms with Crippen molar-refractivity contribution in [2.45, 2.75) is 46.2 Å². The van der Waals surface area contributed by atoms with E-state index in [9.17, 15) is 4.79 Å². The van der Waals surface area contributed by atoms with Crippen molar-refractivity contribution in [2.75, 3.05) is 18.9 Å². The van der Waals surface area contributed by atoms with Crippen LogP contribution in [-0.2, 0) is 16.1 Å². The van der Waals surface area contributed by atoms with Crippen LogP contribution < -0.4 is 5.73 Å². The molecule has 0 aliphatic heterocycles. The second-order valence-corrected chi connectivity index (χ2v) is 4.86. The third-order valence-electron chi connectivity index (χ3n) is 3.30. The zero-order chi connectivity index (χ0) is 15.0. The number of nitrogens with two attached hydrogens (primary N) is 1.